The van der Waals surface area contributed by atoms with Gasteiger partial charge in [-0.2, -0.15) is 0 Å². The van der Waals surface area contributed by atoms with E-state index < -0.39 is 11.4 Å². The second kappa shape index (κ2) is 3.98. The largest absolute Gasteiger partial charge is 0.487 e. The van der Waals surface area contributed by atoms with Gasteiger partial charge in [-0.05, 0) is 40.5 Å². The Morgan fingerprint density at radius 1 is 1.43 bits per heavy atom. The molecular weight excluding hydrogens is 284 g/mol. The summed E-state index contributed by atoms with van der Waals surface area (Å²) in [5, 5.41) is 0. The van der Waals surface area contributed by atoms with Crippen LogP contribution < -0.4 is 4.74 Å². The summed E-state index contributed by atoms with van der Waals surface area (Å²) >= 11 is 7.47. The highest BCUT2D eigenvalue weighted by atomic mass is 79.9. The molecule has 14 heavy (non-hydrogen) atoms. The van der Waals surface area contributed by atoms with Crippen molar-refractivity contribution in [1.82, 2.24) is 0 Å². The van der Waals surface area contributed by atoms with Crippen molar-refractivity contribution in [3.63, 3.8) is 0 Å². The first-order valence-corrected chi connectivity index (χ1v) is 4.68. The van der Waals surface area contributed by atoms with E-state index in [2.05, 4.69) is 32.3 Å². The molecule has 0 heterocycles. The van der Waals surface area contributed by atoms with Crippen molar-refractivity contribution >= 4 is 27.5 Å². The fourth-order valence-electron chi connectivity index (χ4n) is 0.934. The topological polar surface area (TPSA) is 9.23 Å². The molecule has 0 atom stereocenters. The molecular formula is C8H5BrClF3O. The zero-order valence-corrected chi connectivity index (χ0v) is 9.29. The van der Waals surface area contributed by atoms with E-state index in [4.69, 9.17) is 0 Å². The molecule has 0 amide bonds. The molecule has 0 aromatic heterocycles. The monoisotopic (exact) mass is 288 g/mol. The summed E-state index contributed by atoms with van der Waals surface area (Å²) in [5.74, 6) is -0.717. The molecule has 78 valence electrons. The van der Waals surface area contributed by atoms with Crippen molar-refractivity contribution in [2.75, 3.05) is 0 Å². The summed E-state index contributed by atoms with van der Waals surface area (Å²) in [4.78, 5) is 0. The number of hydrogen-bond acceptors (Lipinski definition) is 1. The van der Waals surface area contributed by atoms with Gasteiger partial charge in [0.05, 0.1) is 4.47 Å². The first kappa shape index (κ1) is 11.7. The molecule has 1 nitrogen and oxygen atoms in total. The average molecular weight is 289 g/mol. The molecule has 0 saturated heterocycles. The summed E-state index contributed by atoms with van der Waals surface area (Å²) in [6.07, 6.45) is 0. The second-order valence-electron chi connectivity index (χ2n) is 2.58. The number of hydrogen-bond donors (Lipinski definition) is 0. The van der Waals surface area contributed by atoms with Gasteiger partial charge in [0.2, 0.25) is 0 Å². The second-order valence-corrected chi connectivity index (χ2v) is 3.88. The predicted octanol–water partition coefficient (Wildman–Crippen LogP) is 4.06. The van der Waals surface area contributed by atoms with Crippen LogP contribution in [0.1, 0.15) is 5.56 Å². The van der Waals surface area contributed by atoms with Crippen LogP contribution in [0, 0.1) is 12.7 Å². The van der Waals surface area contributed by atoms with Crippen molar-refractivity contribution < 1.29 is 17.9 Å². The first-order chi connectivity index (χ1) is 6.29. The van der Waals surface area contributed by atoms with Gasteiger partial charge in [0, 0.05) is 11.6 Å². The molecule has 0 N–H and O–H groups in total. The molecule has 0 aliphatic carbocycles. The van der Waals surface area contributed by atoms with Crippen LogP contribution in [0.2, 0.25) is 0 Å². The van der Waals surface area contributed by atoms with E-state index in [1.807, 2.05) is 0 Å². The molecule has 1 aromatic carbocycles. The highest BCUT2D eigenvalue weighted by Crippen LogP contribution is 2.34. The Bertz CT molecular complexity index is 328. The standard InChI is InChI=1S/C8H5BrClF3O/c1-4-2-5(11)3-6(9)7(4)14-8(10,12)13/h2-3H,1H3. The summed E-state index contributed by atoms with van der Waals surface area (Å²) < 4.78 is 41.6. The number of ether oxygens (including phenoxy) is 1. The normalized spacial score (nSPS) is 11.6. The van der Waals surface area contributed by atoms with Crippen LogP contribution in [0.4, 0.5) is 13.2 Å². The summed E-state index contributed by atoms with van der Waals surface area (Å²) in [7, 11) is 0. The lowest BCUT2D eigenvalue weighted by molar-refractivity contribution is -0.0973. The molecule has 1 rings (SSSR count). The maximum atomic E-state index is 12.7. The van der Waals surface area contributed by atoms with Gasteiger partial charge in [-0.1, -0.05) is 0 Å². The van der Waals surface area contributed by atoms with Crippen LogP contribution in [0.3, 0.4) is 0 Å². The van der Waals surface area contributed by atoms with E-state index in [9.17, 15) is 13.2 Å². The van der Waals surface area contributed by atoms with Crippen molar-refractivity contribution in [2.45, 2.75) is 12.5 Å². The smallest absolute Gasteiger partial charge is 0.418 e. The lowest BCUT2D eigenvalue weighted by atomic mass is 10.2. The Balaban J connectivity index is 3.09. The van der Waals surface area contributed by atoms with Gasteiger partial charge in [0.25, 0.3) is 0 Å². The summed E-state index contributed by atoms with van der Waals surface area (Å²) in [6, 6.07) is 2.09. The Kier molecular flexibility index (Phi) is 3.32. The van der Waals surface area contributed by atoms with Crippen LogP contribution in [-0.4, -0.2) is 5.57 Å². The van der Waals surface area contributed by atoms with Crippen LogP contribution in [0.25, 0.3) is 0 Å². The first-order valence-electron chi connectivity index (χ1n) is 3.51. The van der Waals surface area contributed by atoms with Crippen LogP contribution in [-0.2, 0) is 0 Å². The third kappa shape index (κ3) is 3.06. The van der Waals surface area contributed by atoms with Gasteiger partial charge in [0.15, 0.2) is 0 Å². The Hall–Kier alpha value is -0.420. The fraction of sp³-hybridized carbons (Fsp3) is 0.250. The van der Waals surface area contributed by atoms with E-state index in [0.29, 0.717) is 0 Å². The number of halogens is 5. The Labute approximate surface area is 91.9 Å². The Morgan fingerprint density at radius 3 is 2.43 bits per heavy atom. The van der Waals surface area contributed by atoms with E-state index in [0.717, 1.165) is 12.1 Å². The van der Waals surface area contributed by atoms with Crippen molar-refractivity contribution in [3.8, 4) is 5.75 Å². The Morgan fingerprint density at radius 2 is 2.00 bits per heavy atom. The van der Waals surface area contributed by atoms with E-state index >= 15 is 0 Å². The average Bonchev–Trinajstić information content (AvgIpc) is 1.95. The number of aryl methyl sites for hydroxylation is 1. The van der Waals surface area contributed by atoms with Gasteiger partial charge >= 0.3 is 5.57 Å². The van der Waals surface area contributed by atoms with Crippen LogP contribution >= 0.6 is 27.5 Å². The number of benzene rings is 1. The van der Waals surface area contributed by atoms with Crippen LogP contribution in [0.5, 0.6) is 5.75 Å². The summed E-state index contributed by atoms with van der Waals surface area (Å²) in [6.45, 7) is 1.44. The lowest BCUT2D eigenvalue weighted by Crippen LogP contribution is -2.16. The highest BCUT2D eigenvalue weighted by molar-refractivity contribution is 9.10. The van der Waals surface area contributed by atoms with E-state index in [1.165, 1.54) is 6.92 Å². The minimum atomic E-state index is -3.80. The SMILES string of the molecule is Cc1cc(F)cc(Br)c1OC(F)(F)Cl. The third-order valence-corrected chi connectivity index (χ3v) is 2.08. The lowest BCUT2D eigenvalue weighted by Gasteiger charge is -2.14. The molecule has 0 aliphatic heterocycles. The predicted molar refractivity (Wildman–Crippen MR) is 50.3 cm³/mol. The minimum Gasteiger partial charge on any atom is -0.418 e. The summed E-state index contributed by atoms with van der Waals surface area (Å²) in [5.41, 5.74) is -3.57. The molecule has 0 fully saturated rings. The van der Waals surface area contributed by atoms with Gasteiger partial charge in [-0.25, -0.2) is 4.39 Å². The van der Waals surface area contributed by atoms with Gasteiger partial charge in [-0.3, -0.25) is 0 Å². The van der Waals surface area contributed by atoms with Gasteiger partial charge in [-0.15, -0.1) is 8.78 Å². The zero-order chi connectivity index (χ0) is 10.9. The quantitative estimate of drug-likeness (QED) is 0.746. The van der Waals surface area contributed by atoms with Gasteiger partial charge in [0.1, 0.15) is 11.6 Å². The van der Waals surface area contributed by atoms with Gasteiger partial charge < -0.3 is 4.74 Å². The molecule has 0 bridgehead atoms. The molecule has 0 spiro atoms. The molecule has 0 radical (unpaired) electrons. The number of alkyl halides is 3. The molecule has 0 saturated carbocycles. The molecule has 6 heteroatoms. The maximum absolute atomic E-state index is 12.7. The maximum Gasteiger partial charge on any atom is 0.487 e. The molecule has 0 aliphatic rings. The number of rotatable bonds is 2. The van der Waals surface area contributed by atoms with Crippen molar-refractivity contribution in [3.05, 3.63) is 28.0 Å². The van der Waals surface area contributed by atoms with Crippen molar-refractivity contribution in [2.24, 2.45) is 0 Å². The molecule has 1 aromatic rings. The van der Waals surface area contributed by atoms with Crippen molar-refractivity contribution in [1.29, 1.82) is 0 Å². The van der Waals surface area contributed by atoms with E-state index in [1.54, 1.807) is 0 Å². The van der Waals surface area contributed by atoms with Crippen LogP contribution in [0.15, 0.2) is 16.6 Å². The molecule has 0 unspecified atom stereocenters. The fourth-order valence-corrected chi connectivity index (χ4v) is 1.62. The van der Waals surface area contributed by atoms with E-state index in [-0.39, 0.29) is 15.8 Å². The highest BCUT2D eigenvalue weighted by Gasteiger charge is 2.29. The zero-order valence-electron chi connectivity index (χ0n) is 6.95. The third-order valence-electron chi connectivity index (χ3n) is 1.41. The minimum absolute atomic E-state index is 0.0929.